The number of methoxy groups -OCH3 is 2. The average Bonchev–Trinajstić information content (AvgIpc) is 2.78. The molecule has 2 aromatic carbocycles. The lowest BCUT2D eigenvalue weighted by molar-refractivity contribution is -0.129. The average molecular weight is 407 g/mol. The predicted molar refractivity (Wildman–Crippen MR) is 113 cm³/mol. The summed E-state index contributed by atoms with van der Waals surface area (Å²) in [5.41, 5.74) is 2.46. The van der Waals surface area contributed by atoms with Gasteiger partial charge in [0.15, 0.2) is 11.5 Å². The first-order valence-corrected chi connectivity index (χ1v) is 10.2. The zero-order valence-corrected chi connectivity index (χ0v) is 17.1. The van der Waals surface area contributed by atoms with E-state index < -0.39 is 0 Å². The molecule has 0 aliphatic carbocycles. The standard InChI is InChI=1S/C22H21N3O3S/c1-27-19-10-6-9-16(21(19)28-2)17-11-20(26)25-13-24(15-7-4-3-5-8-15)14-29-22(25)18(17)12-23/h3-10,17H,11,13-14H2,1-2H3/t17-/m0/s1. The van der Waals surface area contributed by atoms with Crippen molar-refractivity contribution >= 4 is 23.4 Å². The summed E-state index contributed by atoms with van der Waals surface area (Å²) < 4.78 is 11.0. The minimum Gasteiger partial charge on any atom is -0.493 e. The fraction of sp³-hybridized carbons (Fsp3) is 0.273. The Labute approximate surface area is 174 Å². The van der Waals surface area contributed by atoms with Gasteiger partial charge in [0, 0.05) is 23.6 Å². The first-order chi connectivity index (χ1) is 14.2. The smallest absolute Gasteiger partial charge is 0.229 e. The molecule has 0 saturated carbocycles. The molecule has 4 rings (SSSR count). The Morgan fingerprint density at radius 1 is 1.10 bits per heavy atom. The fourth-order valence-electron chi connectivity index (χ4n) is 3.82. The molecule has 6 nitrogen and oxygen atoms in total. The van der Waals surface area contributed by atoms with Gasteiger partial charge in [-0.2, -0.15) is 5.26 Å². The van der Waals surface area contributed by atoms with E-state index in [0.29, 0.717) is 29.6 Å². The highest BCUT2D eigenvalue weighted by atomic mass is 32.2. The van der Waals surface area contributed by atoms with Crippen molar-refractivity contribution in [2.75, 3.05) is 31.7 Å². The van der Waals surface area contributed by atoms with Gasteiger partial charge in [-0.25, -0.2) is 0 Å². The number of thioether (sulfide) groups is 1. The number of rotatable bonds is 4. The number of ether oxygens (including phenoxy) is 2. The highest BCUT2D eigenvalue weighted by molar-refractivity contribution is 8.03. The second kappa shape index (κ2) is 8.10. The van der Waals surface area contributed by atoms with Crippen LogP contribution in [-0.2, 0) is 4.79 Å². The van der Waals surface area contributed by atoms with E-state index in [-0.39, 0.29) is 18.2 Å². The summed E-state index contributed by atoms with van der Waals surface area (Å²) in [6.07, 6.45) is 0.221. The summed E-state index contributed by atoms with van der Waals surface area (Å²) in [6.45, 7) is 0.443. The molecule has 2 aliphatic rings. The van der Waals surface area contributed by atoms with Crippen LogP contribution in [0.4, 0.5) is 5.69 Å². The third kappa shape index (κ3) is 3.40. The Kier molecular flexibility index (Phi) is 5.36. The third-order valence-corrected chi connectivity index (χ3v) is 6.38. The molecule has 1 amide bonds. The van der Waals surface area contributed by atoms with Gasteiger partial charge < -0.3 is 14.4 Å². The summed E-state index contributed by atoms with van der Waals surface area (Å²) in [7, 11) is 3.15. The molecule has 0 N–H and O–H groups in total. The molecule has 148 valence electrons. The highest BCUT2D eigenvalue weighted by Crippen LogP contribution is 2.47. The maximum absolute atomic E-state index is 13.1. The van der Waals surface area contributed by atoms with E-state index in [0.717, 1.165) is 16.3 Å². The maximum atomic E-state index is 13.1. The van der Waals surface area contributed by atoms with Crippen molar-refractivity contribution in [1.29, 1.82) is 5.26 Å². The molecule has 0 aromatic heterocycles. The second-order valence-electron chi connectivity index (χ2n) is 6.78. The number of carbonyl (C=O) groups is 1. The first kappa shape index (κ1) is 19.2. The largest absolute Gasteiger partial charge is 0.493 e. The normalized spacial score (nSPS) is 18.9. The van der Waals surface area contributed by atoms with Crippen molar-refractivity contribution in [3.05, 3.63) is 64.7 Å². The number of hydrogen-bond donors (Lipinski definition) is 0. The number of carbonyl (C=O) groups excluding carboxylic acids is 1. The number of nitriles is 1. The van der Waals surface area contributed by atoms with E-state index in [2.05, 4.69) is 11.0 Å². The van der Waals surface area contributed by atoms with Crippen LogP contribution in [0.25, 0.3) is 0 Å². The van der Waals surface area contributed by atoms with Crippen molar-refractivity contribution in [3.8, 4) is 17.6 Å². The van der Waals surface area contributed by atoms with Crippen LogP contribution in [0.5, 0.6) is 11.5 Å². The first-order valence-electron chi connectivity index (χ1n) is 9.26. The van der Waals surface area contributed by atoms with Crippen LogP contribution in [0, 0.1) is 11.3 Å². The summed E-state index contributed by atoms with van der Waals surface area (Å²) in [6, 6.07) is 17.9. The lowest BCUT2D eigenvalue weighted by Crippen LogP contribution is -2.47. The molecular formula is C22H21N3O3S. The van der Waals surface area contributed by atoms with Crippen molar-refractivity contribution < 1.29 is 14.3 Å². The van der Waals surface area contributed by atoms with E-state index >= 15 is 0 Å². The predicted octanol–water partition coefficient (Wildman–Crippen LogP) is 3.92. The number of hydrogen-bond acceptors (Lipinski definition) is 6. The molecule has 0 radical (unpaired) electrons. The van der Waals surface area contributed by atoms with Gasteiger partial charge in [-0.3, -0.25) is 9.69 Å². The van der Waals surface area contributed by atoms with E-state index in [1.54, 1.807) is 19.1 Å². The highest BCUT2D eigenvalue weighted by Gasteiger charge is 2.39. The molecule has 0 bridgehead atoms. The minimum atomic E-state index is -0.348. The number of allylic oxidation sites excluding steroid dienone is 1. The molecule has 7 heteroatoms. The van der Waals surface area contributed by atoms with Crippen LogP contribution in [0.15, 0.2) is 59.1 Å². The molecule has 2 heterocycles. The Bertz CT molecular complexity index is 1000. The summed E-state index contributed by atoms with van der Waals surface area (Å²) in [5, 5.41) is 10.7. The Morgan fingerprint density at radius 2 is 1.90 bits per heavy atom. The Balaban J connectivity index is 1.72. The number of fused-ring (bicyclic) bond motifs is 1. The van der Waals surface area contributed by atoms with Crippen LogP contribution < -0.4 is 14.4 Å². The quantitative estimate of drug-likeness (QED) is 0.765. The van der Waals surface area contributed by atoms with Gasteiger partial charge in [0.25, 0.3) is 0 Å². The summed E-state index contributed by atoms with van der Waals surface area (Å²) in [4.78, 5) is 16.9. The molecular weight excluding hydrogens is 386 g/mol. The van der Waals surface area contributed by atoms with Crippen LogP contribution in [-0.4, -0.2) is 37.6 Å². The SMILES string of the molecule is COc1cccc([C@@H]2CC(=O)N3CN(c4ccccc4)CSC3=C2C#N)c1OC. The van der Waals surface area contributed by atoms with Gasteiger partial charge in [-0.1, -0.05) is 42.1 Å². The molecule has 0 unspecified atom stereocenters. The van der Waals surface area contributed by atoms with Gasteiger partial charge in [0.1, 0.15) is 0 Å². The van der Waals surface area contributed by atoms with Crippen molar-refractivity contribution in [2.24, 2.45) is 0 Å². The summed E-state index contributed by atoms with van der Waals surface area (Å²) in [5.74, 6) is 1.49. The number of amides is 1. The Hall–Kier alpha value is -3.11. The van der Waals surface area contributed by atoms with Crippen molar-refractivity contribution in [3.63, 3.8) is 0 Å². The third-order valence-electron chi connectivity index (χ3n) is 5.22. The Morgan fingerprint density at radius 3 is 2.59 bits per heavy atom. The van der Waals surface area contributed by atoms with Crippen molar-refractivity contribution in [2.45, 2.75) is 12.3 Å². The maximum Gasteiger partial charge on any atom is 0.229 e. The summed E-state index contributed by atoms with van der Waals surface area (Å²) >= 11 is 1.52. The molecule has 0 spiro atoms. The molecule has 2 aliphatic heterocycles. The molecule has 29 heavy (non-hydrogen) atoms. The number of para-hydroxylation sites is 2. The van der Waals surface area contributed by atoms with Crippen molar-refractivity contribution in [1.82, 2.24) is 4.90 Å². The monoisotopic (exact) mass is 407 g/mol. The van der Waals surface area contributed by atoms with Gasteiger partial charge in [-0.05, 0) is 18.2 Å². The fourth-order valence-corrected chi connectivity index (χ4v) is 4.98. The number of anilines is 1. The number of benzene rings is 2. The van der Waals surface area contributed by atoms with Gasteiger partial charge in [-0.15, -0.1) is 0 Å². The molecule has 1 saturated heterocycles. The zero-order chi connectivity index (χ0) is 20.4. The lowest BCUT2D eigenvalue weighted by atomic mass is 9.85. The topological polar surface area (TPSA) is 65.8 Å². The van der Waals surface area contributed by atoms with E-state index in [9.17, 15) is 10.1 Å². The van der Waals surface area contributed by atoms with Crippen LogP contribution >= 0.6 is 11.8 Å². The number of nitrogens with zero attached hydrogens (tertiary/aromatic N) is 3. The van der Waals surface area contributed by atoms with Gasteiger partial charge >= 0.3 is 0 Å². The molecule has 1 fully saturated rings. The molecule has 2 aromatic rings. The van der Waals surface area contributed by atoms with Crippen LogP contribution in [0.1, 0.15) is 17.9 Å². The van der Waals surface area contributed by atoms with E-state index in [1.165, 1.54) is 11.8 Å². The van der Waals surface area contributed by atoms with Gasteiger partial charge in [0.05, 0.1) is 43.4 Å². The van der Waals surface area contributed by atoms with Crippen LogP contribution in [0.2, 0.25) is 0 Å². The lowest BCUT2D eigenvalue weighted by Gasteiger charge is -2.42. The van der Waals surface area contributed by atoms with Gasteiger partial charge in [0.2, 0.25) is 5.91 Å². The van der Waals surface area contributed by atoms with E-state index in [4.69, 9.17) is 9.47 Å². The van der Waals surface area contributed by atoms with Crippen LogP contribution in [0.3, 0.4) is 0 Å². The zero-order valence-electron chi connectivity index (χ0n) is 16.3. The second-order valence-corrected chi connectivity index (χ2v) is 7.72. The molecule has 1 atom stereocenters. The van der Waals surface area contributed by atoms with E-state index in [1.807, 2.05) is 48.5 Å². The minimum absolute atomic E-state index is 0.00186.